The first-order chi connectivity index (χ1) is 10.3. The maximum absolute atomic E-state index is 12.0. The summed E-state index contributed by atoms with van der Waals surface area (Å²) in [5.74, 6) is 0.172. The third-order valence-electron chi connectivity index (χ3n) is 3.72. The molecule has 1 aliphatic rings. The van der Waals surface area contributed by atoms with Gasteiger partial charge < -0.3 is 10.6 Å². The van der Waals surface area contributed by atoms with E-state index in [0.29, 0.717) is 0 Å². The summed E-state index contributed by atoms with van der Waals surface area (Å²) in [4.78, 5) is 17.5. The van der Waals surface area contributed by atoms with Gasteiger partial charge in [-0.1, -0.05) is 30.3 Å². The van der Waals surface area contributed by atoms with Crippen LogP contribution in [0.1, 0.15) is 16.9 Å². The number of thiazole rings is 1. The Morgan fingerprint density at radius 2 is 2.19 bits per heavy atom. The molecule has 4 nitrogen and oxygen atoms in total. The van der Waals surface area contributed by atoms with Crippen molar-refractivity contribution in [2.24, 2.45) is 5.92 Å². The Morgan fingerprint density at radius 1 is 1.33 bits per heavy atom. The van der Waals surface area contributed by atoms with Crippen LogP contribution in [0.3, 0.4) is 0 Å². The molecule has 2 heterocycles. The molecule has 1 saturated heterocycles. The van der Waals surface area contributed by atoms with Crippen molar-refractivity contribution in [1.82, 2.24) is 10.3 Å². The number of carbonyl (C=O) groups excluding carboxylic acids is 1. The summed E-state index contributed by atoms with van der Waals surface area (Å²) in [5.41, 5.74) is 1.33. The van der Waals surface area contributed by atoms with E-state index >= 15 is 0 Å². The van der Waals surface area contributed by atoms with Gasteiger partial charge in [-0.25, -0.2) is 4.98 Å². The molecule has 1 unspecified atom stereocenters. The van der Waals surface area contributed by atoms with Crippen LogP contribution in [-0.2, 0) is 17.6 Å². The van der Waals surface area contributed by atoms with Gasteiger partial charge in [0.2, 0.25) is 5.91 Å². The zero-order valence-corrected chi connectivity index (χ0v) is 12.7. The third-order valence-corrected chi connectivity index (χ3v) is 4.69. The first-order valence-electron chi connectivity index (χ1n) is 7.31. The minimum Gasteiger partial charge on any atom is -0.316 e. The summed E-state index contributed by atoms with van der Waals surface area (Å²) in [7, 11) is 0. The number of carbonyl (C=O) groups is 1. The van der Waals surface area contributed by atoms with E-state index in [-0.39, 0.29) is 11.8 Å². The molecule has 110 valence electrons. The molecule has 5 heteroatoms. The molecule has 1 aromatic heterocycles. The zero-order valence-electron chi connectivity index (χ0n) is 11.8. The number of hydrogen-bond acceptors (Lipinski definition) is 4. The van der Waals surface area contributed by atoms with Crippen molar-refractivity contribution in [3.8, 4) is 0 Å². The van der Waals surface area contributed by atoms with Crippen LogP contribution in [0.2, 0.25) is 0 Å². The molecule has 2 N–H and O–H groups in total. The van der Waals surface area contributed by atoms with Crippen molar-refractivity contribution in [3.05, 3.63) is 47.0 Å². The fourth-order valence-corrected chi connectivity index (χ4v) is 3.29. The number of aryl methyl sites for hydroxylation is 2. The predicted octanol–water partition coefficient (Wildman–Crippen LogP) is 2.48. The van der Waals surface area contributed by atoms with E-state index < -0.39 is 0 Å². The minimum atomic E-state index is 0.0849. The first kappa shape index (κ1) is 14.2. The predicted molar refractivity (Wildman–Crippen MR) is 85.6 cm³/mol. The van der Waals surface area contributed by atoms with E-state index in [4.69, 9.17) is 0 Å². The second-order valence-electron chi connectivity index (χ2n) is 5.30. The van der Waals surface area contributed by atoms with Crippen molar-refractivity contribution in [2.75, 3.05) is 18.4 Å². The summed E-state index contributed by atoms with van der Waals surface area (Å²) >= 11 is 1.58. The van der Waals surface area contributed by atoms with Gasteiger partial charge in [-0.3, -0.25) is 4.79 Å². The Morgan fingerprint density at radius 3 is 2.95 bits per heavy atom. The summed E-state index contributed by atoms with van der Waals surface area (Å²) in [6.07, 6.45) is 4.75. The number of anilines is 1. The average Bonchev–Trinajstić information content (AvgIpc) is 3.18. The summed E-state index contributed by atoms with van der Waals surface area (Å²) in [5, 5.41) is 6.85. The average molecular weight is 301 g/mol. The highest BCUT2D eigenvalue weighted by Gasteiger charge is 2.22. The molecule has 1 aliphatic heterocycles. The number of amides is 1. The molecule has 21 heavy (non-hydrogen) atoms. The summed E-state index contributed by atoms with van der Waals surface area (Å²) < 4.78 is 0. The Balaban J connectivity index is 1.52. The maximum atomic E-state index is 12.0. The van der Waals surface area contributed by atoms with Crippen LogP contribution in [-0.4, -0.2) is 24.0 Å². The van der Waals surface area contributed by atoms with Gasteiger partial charge in [0.1, 0.15) is 0 Å². The second-order valence-corrected chi connectivity index (χ2v) is 6.41. The fraction of sp³-hybridized carbons (Fsp3) is 0.375. The van der Waals surface area contributed by atoms with Crippen LogP contribution in [0.5, 0.6) is 0 Å². The van der Waals surface area contributed by atoms with Crippen LogP contribution in [0, 0.1) is 5.92 Å². The molecule has 1 atom stereocenters. The van der Waals surface area contributed by atoms with Crippen molar-refractivity contribution in [1.29, 1.82) is 0 Å². The lowest BCUT2D eigenvalue weighted by molar-refractivity contribution is -0.119. The normalized spacial score (nSPS) is 17.8. The molecule has 2 aromatic rings. The van der Waals surface area contributed by atoms with Crippen LogP contribution < -0.4 is 10.6 Å². The molecule has 0 radical (unpaired) electrons. The number of rotatable bonds is 5. The number of benzene rings is 1. The highest BCUT2D eigenvalue weighted by atomic mass is 32.1. The first-order valence-corrected chi connectivity index (χ1v) is 8.13. The summed E-state index contributed by atoms with van der Waals surface area (Å²) in [6, 6.07) is 10.4. The standard InChI is InChI=1S/C16H19N3OS/c20-15(13-8-9-17-10-13)19-16-18-11-14(21-16)7-6-12-4-2-1-3-5-12/h1-5,11,13,17H,6-10H2,(H,18,19,20). The van der Waals surface area contributed by atoms with Crippen molar-refractivity contribution in [2.45, 2.75) is 19.3 Å². The van der Waals surface area contributed by atoms with Crippen LogP contribution in [0.15, 0.2) is 36.5 Å². The molecule has 0 aliphatic carbocycles. The molecule has 0 saturated carbocycles. The molecular weight excluding hydrogens is 282 g/mol. The third kappa shape index (κ3) is 3.89. The molecule has 1 amide bonds. The Bertz CT molecular complexity index is 591. The van der Waals surface area contributed by atoms with Gasteiger partial charge in [0.15, 0.2) is 5.13 Å². The van der Waals surface area contributed by atoms with E-state index in [2.05, 4.69) is 39.9 Å². The number of aromatic nitrogens is 1. The molecular formula is C16H19N3OS. The quantitative estimate of drug-likeness (QED) is 0.892. The van der Waals surface area contributed by atoms with Gasteiger partial charge in [0.05, 0.1) is 5.92 Å². The van der Waals surface area contributed by atoms with E-state index in [1.807, 2.05) is 12.3 Å². The molecule has 0 bridgehead atoms. The van der Waals surface area contributed by atoms with Crippen molar-refractivity contribution in [3.63, 3.8) is 0 Å². The number of hydrogen-bond donors (Lipinski definition) is 2. The van der Waals surface area contributed by atoms with Crippen LogP contribution in [0.25, 0.3) is 0 Å². The fourth-order valence-electron chi connectivity index (χ4n) is 2.48. The summed E-state index contributed by atoms with van der Waals surface area (Å²) in [6.45, 7) is 1.70. The smallest absolute Gasteiger partial charge is 0.230 e. The van der Waals surface area contributed by atoms with E-state index in [0.717, 1.165) is 37.5 Å². The number of nitrogens with zero attached hydrogens (tertiary/aromatic N) is 1. The van der Waals surface area contributed by atoms with E-state index in [1.165, 1.54) is 10.4 Å². The van der Waals surface area contributed by atoms with E-state index in [9.17, 15) is 4.79 Å². The van der Waals surface area contributed by atoms with Gasteiger partial charge in [-0.05, 0) is 31.4 Å². The lowest BCUT2D eigenvalue weighted by Gasteiger charge is -2.06. The van der Waals surface area contributed by atoms with E-state index in [1.54, 1.807) is 11.3 Å². The maximum Gasteiger partial charge on any atom is 0.230 e. The van der Waals surface area contributed by atoms with Gasteiger partial charge in [-0.15, -0.1) is 11.3 Å². The topological polar surface area (TPSA) is 54.0 Å². The van der Waals surface area contributed by atoms with Crippen molar-refractivity contribution >= 4 is 22.4 Å². The lowest BCUT2D eigenvalue weighted by atomic mass is 10.1. The van der Waals surface area contributed by atoms with Crippen LogP contribution >= 0.6 is 11.3 Å². The Kier molecular flexibility index (Phi) is 4.62. The largest absolute Gasteiger partial charge is 0.316 e. The van der Waals surface area contributed by atoms with Gasteiger partial charge in [-0.2, -0.15) is 0 Å². The monoisotopic (exact) mass is 301 g/mol. The Labute approximate surface area is 128 Å². The highest BCUT2D eigenvalue weighted by Crippen LogP contribution is 2.21. The highest BCUT2D eigenvalue weighted by molar-refractivity contribution is 7.15. The van der Waals surface area contributed by atoms with Gasteiger partial charge in [0, 0.05) is 17.6 Å². The molecule has 1 aromatic carbocycles. The van der Waals surface area contributed by atoms with Crippen LogP contribution in [0.4, 0.5) is 5.13 Å². The molecule has 3 rings (SSSR count). The molecule has 1 fully saturated rings. The SMILES string of the molecule is O=C(Nc1ncc(CCc2ccccc2)s1)C1CCNC1. The van der Waals surface area contributed by atoms with Crippen molar-refractivity contribution < 1.29 is 4.79 Å². The second kappa shape index (κ2) is 6.83. The van der Waals surface area contributed by atoms with Gasteiger partial charge >= 0.3 is 0 Å². The number of nitrogens with one attached hydrogen (secondary N) is 2. The lowest BCUT2D eigenvalue weighted by Crippen LogP contribution is -2.24. The Hall–Kier alpha value is -1.72. The molecule has 0 spiro atoms. The minimum absolute atomic E-state index is 0.0849. The zero-order chi connectivity index (χ0) is 14.5. The van der Waals surface area contributed by atoms with Gasteiger partial charge in [0.25, 0.3) is 0 Å².